The predicted molar refractivity (Wildman–Crippen MR) is 131 cm³/mol. The molecule has 166 valence electrons. The molecule has 0 amide bonds. The maximum Gasteiger partial charge on any atom is 0.335 e. The molecule has 2 aromatic rings. The third-order valence-corrected chi connectivity index (χ3v) is 6.40. The number of carboxylic acid groups (broad SMARTS) is 1. The van der Waals surface area contributed by atoms with Crippen molar-refractivity contribution >= 4 is 29.7 Å². The summed E-state index contributed by atoms with van der Waals surface area (Å²) < 4.78 is 0. The smallest absolute Gasteiger partial charge is 0.335 e. The third kappa shape index (κ3) is 7.06. The molecule has 1 atom stereocenters. The highest BCUT2D eigenvalue weighted by atomic mass is 32.2. The molecule has 1 aliphatic carbocycles. The minimum Gasteiger partial charge on any atom is -0.479 e. The summed E-state index contributed by atoms with van der Waals surface area (Å²) in [5.41, 5.74) is -0.376. The molecule has 0 heterocycles. The largest absolute Gasteiger partial charge is 0.479 e. The molecule has 4 nitrogen and oxygen atoms in total. The summed E-state index contributed by atoms with van der Waals surface area (Å²) in [6.45, 7) is 0. The number of Topliss-reactive ketones (excluding diaryl/α,β-unsaturated/α-hetero) is 1. The molecule has 1 unspecified atom stereocenters. The van der Waals surface area contributed by atoms with Gasteiger partial charge in [-0.1, -0.05) is 73.2 Å². The van der Waals surface area contributed by atoms with Crippen molar-refractivity contribution in [1.82, 2.24) is 0 Å². The second-order valence-corrected chi connectivity index (χ2v) is 8.99. The number of allylic oxidation sites excluding steroid dienone is 2. The van der Waals surface area contributed by atoms with E-state index < -0.39 is 11.5 Å². The number of nitrogens with zero attached hydrogens (tertiary/aromatic N) is 1. The molecular weight excluding hydrogens is 418 g/mol. The zero-order valence-electron chi connectivity index (χ0n) is 18.2. The lowest BCUT2D eigenvalue weighted by molar-refractivity contribution is -0.141. The van der Waals surface area contributed by atoms with Crippen LogP contribution in [0.3, 0.4) is 0 Å². The number of aliphatic carboxylic acids is 1. The van der Waals surface area contributed by atoms with Crippen molar-refractivity contribution in [2.24, 2.45) is 4.99 Å². The lowest BCUT2D eigenvalue weighted by Crippen LogP contribution is -2.34. The van der Waals surface area contributed by atoms with E-state index in [1.807, 2.05) is 54.6 Å². The van der Waals surface area contributed by atoms with Gasteiger partial charge in [-0.2, -0.15) is 0 Å². The Morgan fingerprint density at radius 1 is 0.938 bits per heavy atom. The molecule has 2 aromatic carbocycles. The molecule has 0 aromatic heterocycles. The number of benzene rings is 2. The van der Waals surface area contributed by atoms with E-state index >= 15 is 0 Å². The van der Waals surface area contributed by atoms with E-state index in [2.05, 4.69) is 17.1 Å². The Hall–Kier alpha value is -2.92. The van der Waals surface area contributed by atoms with Crippen LogP contribution in [-0.2, 0) is 4.79 Å². The van der Waals surface area contributed by atoms with E-state index in [0.717, 1.165) is 42.6 Å². The van der Waals surface area contributed by atoms with Crippen molar-refractivity contribution in [3.8, 4) is 0 Å². The van der Waals surface area contributed by atoms with Gasteiger partial charge in [-0.3, -0.25) is 9.79 Å². The monoisotopic (exact) mass is 447 g/mol. The van der Waals surface area contributed by atoms with Crippen molar-refractivity contribution in [2.75, 3.05) is 0 Å². The molecule has 1 aliphatic rings. The van der Waals surface area contributed by atoms with Gasteiger partial charge in [-0.15, -0.1) is 0 Å². The van der Waals surface area contributed by atoms with Crippen LogP contribution in [0.25, 0.3) is 0 Å². The predicted octanol–water partition coefficient (Wildman–Crippen LogP) is 6.77. The number of carbonyl (C=O) groups is 2. The maximum absolute atomic E-state index is 12.4. The van der Waals surface area contributed by atoms with Crippen LogP contribution in [0.2, 0.25) is 0 Å². The SMILES string of the molecule is O=C(CCCCCCC=NC1(C(=O)O)C=CC=CC1)c1ccc(Sc2ccccc2)cc1. The zero-order chi connectivity index (χ0) is 22.7. The Labute approximate surface area is 194 Å². The maximum atomic E-state index is 12.4. The first-order valence-electron chi connectivity index (χ1n) is 11.1. The van der Waals surface area contributed by atoms with E-state index in [1.165, 1.54) is 4.90 Å². The molecule has 3 rings (SSSR count). The van der Waals surface area contributed by atoms with E-state index in [9.17, 15) is 14.7 Å². The molecule has 0 fully saturated rings. The van der Waals surface area contributed by atoms with Gasteiger partial charge in [0.15, 0.2) is 11.3 Å². The van der Waals surface area contributed by atoms with E-state index in [1.54, 1.807) is 30.1 Å². The van der Waals surface area contributed by atoms with Gasteiger partial charge < -0.3 is 5.11 Å². The number of carbonyl (C=O) groups excluding carboxylic acids is 1. The Morgan fingerprint density at radius 3 is 2.34 bits per heavy atom. The first-order chi connectivity index (χ1) is 15.6. The third-order valence-electron chi connectivity index (χ3n) is 5.38. The minimum absolute atomic E-state index is 0.184. The number of hydrogen-bond donors (Lipinski definition) is 1. The van der Waals surface area contributed by atoms with Crippen LogP contribution in [0.4, 0.5) is 0 Å². The molecule has 0 saturated carbocycles. The van der Waals surface area contributed by atoms with Crippen molar-refractivity contribution in [3.05, 3.63) is 84.5 Å². The van der Waals surface area contributed by atoms with E-state index in [-0.39, 0.29) is 5.78 Å². The summed E-state index contributed by atoms with van der Waals surface area (Å²) in [5, 5.41) is 9.46. The number of ketones is 1. The second kappa shape index (κ2) is 12.2. The topological polar surface area (TPSA) is 66.7 Å². The van der Waals surface area contributed by atoms with Crippen molar-refractivity contribution in [2.45, 2.75) is 60.3 Å². The van der Waals surface area contributed by atoms with Crippen LogP contribution in [-0.4, -0.2) is 28.6 Å². The molecular formula is C27H29NO3S. The number of carboxylic acids is 1. The van der Waals surface area contributed by atoms with Crippen LogP contribution in [0.5, 0.6) is 0 Å². The van der Waals surface area contributed by atoms with Gasteiger partial charge in [0, 0.05) is 34.4 Å². The highest BCUT2D eigenvalue weighted by Crippen LogP contribution is 2.27. The van der Waals surface area contributed by atoms with Crippen LogP contribution >= 0.6 is 11.8 Å². The van der Waals surface area contributed by atoms with Crippen LogP contribution in [0.1, 0.15) is 55.3 Å². The van der Waals surface area contributed by atoms with Crippen molar-refractivity contribution in [3.63, 3.8) is 0 Å². The summed E-state index contributed by atoms with van der Waals surface area (Å²) in [5.74, 6) is -0.733. The lowest BCUT2D eigenvalue weighted by atomic mass is 9.92. The van der Waals surface area contributed by atoms with Crippen molar-refractivity contribution in [1.29, 1.82) is 0 Å². The minimum atomic E-state index is -1.14. The molecule has 0 spiro atoms. The lowest BCUT2D eigenvalue weighted by Gasteiger charge is -2.21. The zero-order valence-corrected chi connectivity index (χ0v) is 19.0. The fourth-order valence-electron chi connectivity index (χ4n) is 3.50. The highest BCUT2D eigenvalue weighted by Gasteiger charge is 2.34. The normalized spacial score (nSPS) is 17.6. The Kier molecular flexibility index (Phi) is 9.05. The van der Waals surface area contributed by atoms with Gasteiger partial charge in [0.05, 0.1) is 0 Å². The quantitative estimate of drug-likeness (QED) is 0.221. The Bertz CT molecular complexity index is 980. The molecule has 5 heteroatoms. The summed E-state index contributed by atoms with van der Waals surface area (Å²) in [7, 11) is 0. The Morgan fingerprint density at radius 2 is 1.66 bits per heavy atom. The van der Waals surface area contributed by atoms with Crippen LogP contribution in [0, 0.1) is 0 Å². The summed E-state index contributed by atoms with van der Waals surface area (Å²) in [4.78, 5) is 30.6. The fraction of sp³-hybridized carbons (Fsp3) is 0.296. The van der Waals surface area contributed by atoms with Crippen LogP contribution < -0.4 is 0 Å². The second-order valence-electron chi connectivity index (χ2n) is 7.85. The Balaban J connectivity index is 1.32. The van der Waals surface area contributed by atoms with Crippen LogP contribution in [0.15, 0.2) is 93.7 Å². The first kappa shape index (κ1) is 23.7. The van der Waals surface area contributed by atoms with Gasteiger partial charge in [0.2, 0.25) is 0 Å². The molecule has 0 bridgehead atoms. The fourth-order valence-corrected chi connectivity index (χ4v) is 4.34. The molecule has 0 radical (unpaired) electrons. The van der Waals surface area contributed by atoms with Gasteiger partial charge in [-0.25, -0.2) is 4.79 Å². The number of unbranched alkanes of at least 4 members (excludes halogenated alkanes) is 4. The number of hydrogen-bond acceptors (Lipinski definition) is 4. The van der Waals surface area contributed by atoms with Crippen molar-refractivity contribution < 1.29 is 14.7 Å². The number of aliphatic imine (C=N–C) groups is 1. The molecule has 1 N–H and O–H groups in total. The molecule has 0 aliphatic heterocycles. The average molecular weight is 448 g/mol. The number of rotatable bonds is 12. The molecule has 32 heavy (non-hydrogen) atoms. The van der Waals surface area contributed by atoms with E-state index in [0.29, 0.717) is 12.8 Å². The first-order valence-corrected chi connectivity index (χ1v) is 11.9. The summed E-state index contributed by atoms with van der Waals surface area (Å²) in [6, 6.07) is 18.0. The van der Waals surface area contributed by atoms with Gasteiger partial charge in [0.25, 0.3) is 0 Å². The standard InChI is InChI=1S/C27H29NO3S/c29-25(22-15-17-24(18-16-22)32-23-12-6-4-7-13-23)14-8-2-1-3-11-21-28-27(26(30)31)19-9-5-10-20-27/h4-7,9-10,12-13,15-19,21H,1-3,8,11,14,20H2,(H,30,31). The van der Waals surface area contributed by atoms with E-state index in [4.69, 9.17) is 0 Å². The van der Waals surface area contributed by atoms with Gasteiger partial charge in [0.1, 0.15) is 0 Å². The highest BCUT2D eigenvalue weighted by molar-refractivity contribution is 7.99. The average Bonchev–Trinajstić information content (AvgIpc) is 2.82. The molecule has 0 saturated heterocycles. The summed E-state index contributed by atoms with van der Waals surface area (Å²) >= 11 is 1.69. The summed E-state index contributed by atoms with van der Waals surface area (Å²) in [6.07, 6.45) is 14.3. The van der Waals surface area contributed by atoms with Gasteiger partial charge in [-0.05, 0) is 49.6 Å². The van der Waals surface area contributed by atoms with Gasteiger partial charge >= 0.3 is 5.97 Å².